The van der Waals surface area contributed by atoms with E-state index in [9.17, 15) is 13.6 Å². The van der Waals surface area contributed by atoms with Gasteiger partial charge in [-0.05, 0) is 56.1 Å². The molecule has 0 radical (unpaired) electrons. The van der Waals surface area contributed by atoms with Crippen LogP contribution in [0.25, 0.3) is 0 Å². The van der Waals surface area contributed by atoms with Gasteiger partial charge in [0.15, 0.2) is 6.61 Å². The summed E-state index contributed by atoms with van der Waals surface area (Å²) in [6, 6.07) is 11.6. The molecule has 0 heterocycles. The van der Waals surface area contributed by atoms with Gasteiger partial charge in [0.05, 0.1) is 6.04 Å². The van der Waals surface area contributed by atoms with Gasteiger partial charge in [0.1, 0.15) is 17.4 Å². The van der Waals surface area contributed by atoms with E-state index >= 15 is 0 Å². The fraction of sp³-hybridized carbons (Fsp3) is 0.278. The third kappa shape index (κ3) is 5.31. The van der Waals surface area contributed by atoms with Crippen molar-refractivity contribution in [1.82, 2.24) is 10.2 Å². The normalized spacial score (nSPS) is 12.0. The Morgan fingerprint density at radius 3 is 2.46 bits per heavy atom. The maximum absolute atomic E-state index is 13.4. The van der Waals surface area contributed by atoms with Gasteiger partial charge in [0.25, 0.3) is 5.91 Å². The van der Waals surface area contributed by atoms with E-state index in [-0.39, 0.29) is 30.2 Å². The maximum Gasteiger partial charge on any atom is 0.258 e. The Labute approximate surface area is 140 Å². The van der Waals surface area contributed by atoms with E-state index in [4.69, 9.17) is 4.74 Å². The fourth-order valence-corrected chi connectivity index (χ4v) is 2.25. The third-order valence-corrected chi connectivity index (χ3v) is 3.53. The van der Waals surface area contributed by atoms with Gasteiger partial charge in [-0.15, -0.1) is 0 Å². The molecule has 2 aromatic rings. The first-order valence-corrected chi connectivity index (χ1v) is 7.52. The molecule has 0 bridgehead atoms. The summed E-state index contributed by atoms with van der Waals surface area (Å²) in [7, 11) is 3.72. The second kappa shape index (κ2) is 8.40. The van der Waals surface area contributed by atoms with Crippen molar-refractivity contribution in [1.29, 1.82) is 0 Å². The largest absolute Gasteiger partial charge is 0.484 e. The SMILES string of the molecule is CN(C)C(CNC(=O)COc1ccc(F)cc1)c1cccc(F)c1. The summed E-state index contributed by atoms with van der Waals surface area (Å²) in [6.45, 7) is 0.150. The Kier molecular flexibility index (Phi) is 6.26. The van der Waals surface area contributed by atoms with E-state index in [1.807, 2.05) is 25.1 Å². The van der Waals surface area contributed by atoms with Crippen molar-refractivity contribution >= 4 is 5.91 Å². The number of carbonyl (C=O) groups excluding carboxylic acids is 1. The van der Waals surface area contributed by atoms with E-state index in [0.717, 1.165) is 5.56 Å². The number of hydrogen-bond acceptors (Lipinski definition) is 3. The van der Waals surface area contributed by atoms with Crippen molar-refractivity contribution in [2.45, 2.75) is 6.04 Å². The lowest BCUT2D eigenvalue weighted by atomic mass is 10.1. The van der Waals surface area contributed by atoms with Crippen LogP contribution in [-0.4, -0.2) is 38.1 Å². The molecule has 0 saturated carbocycles. The van der Waals surface area contributed by atoms with Crippen LogP contribution >= 0.6 is 0 Å². The Morgan fingerprint density at radius 1 is 1.12 bits per heavy atom. The second-order valence-corrected chi connectivity index (χ2v) is 5.58. The first-order chi connectivity index (χ1) is 11.5. The van der Waals surface area contributed by atoms with Crippen molar-refractivity contribution in [3.05, 3.63) is 65.7 Å². The molecule has 2 aromatic carbocycles. The van der Waals surface area contributed by atoms with E-state index in [1.165, 1.54) is 36.4 Å². The molecule has 6 heteroatoms. The van der Waals surface area contributed by atoms with Gasteiger partial charge in [-0.3, -0.25) is 4.79 Å². The first kappa shape index (κ1) is 17.9. The molecule has 0 aromatic heterocycles. The molecule has 0 saturated heterocycles. The summed E-state index contributed by atoms with van der Waals surface area (Å²) < 4.78 is 31.5. The molecule has 128 valence electrons. The minimum Gasteiger partial charge on any atom is -0.484 e. The van der Waals surface area contributed by atoms with Crippen LogP contribution in [0.1, 0.15) is 11.6 Å². The first-order valence-electron chi connectivity index (χ1n) is 7.52. The van der Waals surface area contributed by atoms with Crippen LogP contribution in [0.4, 0.5) is 8.78 Å². The Hall–Kier alpha value is -2.47. The number of amides is 1. The zero-order valence-corrected chi connectivity index (χ0v) is 13.6. The van der Waals surface area contributed by atoms with Crippen LogP contribution in [-0.2, 0) is 4.79 Å². The number of nitrogens with zero attached hydrogens (tertiary/aromatic N) is 1. The highest BCUT2D eigenvalue weighted by Crippen LogP contribution is 2.18. The zero-order chi connectivity index (χ0) is 17.5. The maximum atomic E-state index is 13.4. The number of benzene rings is 2. The predicted molar refractivity (Wildman–Crippen MR) is 87.7 cm³/mol. The minimum absolute atomic E-state index is 0.157. The molecule has 2 rings (SSSR count). The van der Waals surface area contributed by atoms with Crippen molar-refractivity contribution in [3.8, 4) is 5.75 Å². The summed E-state index contributed by atoms with van der Waals surface area (Å²) in [6.07, 6.45) is 0. The van der Waals surface area contributed by atoms with Gasteiger partial charge >= 0.3 is 0 Å². The van der Waals surface area contributed by atoms with E-state index in [0.29, 0.717) is 12.3 Å². The molecule has 1 N–H and O–H groups in total. The van der Waals surface area contributed by atoms with E-state index in [1.54, 1.807) is 6.07 Å². The molecule has 24 heavy (non-hydrogen) atoms. The molecule has 1 unspecified atom stereocenters. The highest BCUT2D eigenvalue weighted by Gasteiger charge is 2.16. The third-order valence-electron chi connectivity index (χ3n) is 3.53. The number of rotatable bonds is 7. The van der Waals surface area contributed by atoms with Crippen LogP contribution in [0.3, 0.4) is 0 Å². The summed E-state index contributed by atoms with van der Waals surface area (Å²) in [5.41, 5.74) is 0.778. The molecule has 1 atom stereocenters. The standard InChI is InChI=1S/C18H20F2N2O2/c1-22(2)17(13-4-3-5-15(20)10-13)11-21-18(23)12-24-16-8-6-14(19)7-9-16/h3-10,17H,11-12H2,1-2H3,(H,21,23). The quantitative estimate of drug-likeness (QED) is 0.847. The summed E-state index contributed by atoms with van der Waals surface area (Å²) in [5, 5.41) is 2.76. The Bertz CT molecular complexity index is 675. The zero-order valence-electron chi connectivity index (χ0n) is 13.6. The summed E-state index contributed by atoms with van der Waals surface area (Å²) in [5.74, 6) is -0.565. The van der Waals surface area contributed by atoms with E-state index in [2.05, 4.69) is 5.32 Å². The van der Waals surface area contributed by atoms with Crippen LogP contribution in [0, 0.1) is 11.6 Å². The predicted octanol–water partition coefficient (Wildman–Crippen LogP) is 2.76. The lowest BCUT2D eigenvalue weighted by Gasteiger charge is -2.25. The molecule has 0 aliphatic heterocycles. The topological polar surface area (TPSA) is 41.6 Å². The van der Waals surface area contributed by atoms with Gasteiger partial charge in [-0.25, -0.2) is 8.78 Å². The molecule has 0 aliphatic carbocycles. The second-order valence-electron chi connectivity index (χ2n) is 5.58. The molecule has 0 spiro atoms. The van der Waals surface area contributed by atoms with Crippen LogP contribution in [0.5, 0.6) is 5.75 Å². The minimum atomic E-state index is -0.365. The smallest absolute Gasteiger partial charge is 0.258 e. The van der Waals surface area contributed by atoms with E-state index < -0.39 is 0 Å². The van der Waals surface area contributed by atoms with Gasteiger partial charge < -0.3 is 15.0 Å². The average Bonchev–Trinajstić information content (AvgIpc) is 2.54. The Balaban J connectivity index is 1.87. The van der Waals surface area contributed by atoms with Gasteiger partial charge in [0, 0.05) is 6.54 Å². The number of hydrogen-bond donors (Lipinski definition) is 1. The number of carbonyl (C=O) groups is 1. The molecule has 0 aliphatic rings. The Morgan fingerprint density at radius 2 is 1.83 bits per heavy atom. The van der Waals surface area contributed by atoms with Crippen molar-refractivity contribution in [2.75, 3.05) is 27.2 Å². The molecule has 0 fully saturated rings. The average molecular weight is 334 g/mol. The lowest BCUT2D eigenvalue weighted by Crippen LogP contribution is -2.36. The lowest BCUT2D eigenvalue weighted by molar-refractivity contribution is -0.123. The van der Waals surface area contributed by atoms with Gasteiger partial charge in [-0.2, -0.15) is 0 Å². The number of halogens is 2. The highest BCUT2D eigenvalue weighted by molar-refractivity contribution is 5.77. The molecular formula is C18H20F2N2O2. The fourth-order valence-electron chi connectivity index (χ4n) is 2.25. The molecule has 1 amide bonds. The van der Waals surface area contributed by atoms with Crippen LogP contribution in [0.15, 0.2) is 48.5 Å². The highest BCUT2D eigenvalue weighted by atomic mass is 19.1. The van der Waals surface area contributed by atoms with Gasteiger partial charge in [0.2, 0.25) is 0 Å². The van der Waals surface area contributed by atoms with Crippen LogP contribution < -0.4 is 10.1 Å². The summed E-state index contributed by atoms with van der Waals surface area (Å²) in [4.78, 5) is 13.8. The molecular weight excluding hydrogens is 314 g/mol. The summed E-state index contributed by atoms with van der Waals surface area (Å²) >= 11 is 0. The van der Waals surface area contributed by atoms with Gasteiger partial charge in [-0.1, -0.05) is 12.1 Å². The molecule has 4 nitrogen and oxygen atoms in total. The van der Waals surface area contributed by atoms with Crippen LogP contribution in [0.2, 0.25) is 0 Å². The monoisotopic (exact) mass is 334 g/mol. The van der Waals surface area contributed by atoms with Crippen molar-refractivity contribution < 1.29 is 18.3 Å². The number of likely N-dealkylation sites (N-methyl/N-ethyl adjacent to an activating group) is 1. The number of nitrogens with one attached hydrogen (secondary N) is 1. The van der Waals surface area contributed by atoms with Crippen molar-refractivity contribution in [2.24, 2.45) is 0 Å². The van der Waals surface area contributed by atoms with Crippen molar-refractivity contribution in [3.63, 3.8) is 0 Å². The number of ether oxygens (including phenoxy) is 1.